The van der Waals surface area contributed by atoms with Crippen molar-refractivity contribution in [2.45, 2.75) is 6.04 Å². The summed E-state index contributed by atoms with van der Waals surface area (Å²) in [6, 6.07) is 5.47. The van der Waals surface area contributed by atoms with Gasteiger partial charge in [0.05, 0.1) is 5.02 Å². The van der Waals surface area contributed by atoms with Crippen molar-refractivity contribution in [3.05, 3.63) is 45.9 Å². The van der Waals surface area contributed by atoms with Gasteiger partial charge in [-0.3, -0.25) is 0 Å². The molecule has 1 aromatic carbocycles. The highest BCUT2D eigenvalue weighted by Gasteiger charge is 2.03. The largest absolute Gasteiger partial charge is 0.321 e. The zero-order valence-electron chi connectivity index (χ0n) is 6.43. The fraction of sp³-hybridized carbons (Fsp3) is 0.111. The SMILES string of the molecule is C=C[C@H](N)c1ccc(Cl)c(Br)c1. The summed E-state index contributed by atoms with van der Waals surface area (Å²) >= 11 is 9.14. The van der Waals surface area contributed by atoms with Crippen molar-refractivity contribution < 1.29 is 0 Å². The molecule has 1 rings (SSSR count). The van der Waals surface area contributed by atoms with Crippen LogP contribution in [0.3, 0.4) is 0 Å². The van der Waals surface area contributed by atoms with Crippen LogP contribution in [0.2, 0.25) is 5.02 Å². The molecule has 0 fully saturated rings. The minimum atomic E-state index is -0.126. The number of hydrogen-bond acceptors (Lipinski definition) is 1. The van der Waals surface area contributed by atoms with Gasteiger partial charge in [0.2, 0.25) is 0 Å². The highest BCUT2D eigenvalue weighted by atomic mass is 79.9. The summed E-state index contributed by atoms with van der Waals surface area (Å²) in [5.41, 5.74) is 6.73. The third kappa shape index (κ3) is 2.09. The lowest BCUT2D eigenvalue weighted by atomic mass is 10.1. The second kappa shape index (κ2) is 4.08. The van der Waals surface area contributed by atoms with E-state index >= 15 is 0 Å². The molecule has 0 saturated heterocycles. The normalized spacial score (nSPS) is 12.6. The Bertz CT molecular complexity index is 299. The lowest BCUT2D eigenvalue weighted by Gasteiger charge is -2.07. The molecule has 0 aliphatic carbocycles. The van der Waals surface area contributed by atoms with Gasteiger partial charge in [0.15, 0.2) is 0 Å². The minimum absolute atomic E-state index is 0.126. The molecule has 0 aromatic heterocycles. The second-order valence-electron chi connectivity index (χ2n) is 2.44. The second-order valence-corrected chi connectivity index (χ2v) is 3.70. The minimum Gasteiger partial charge on any atom is -0.321 e. The molecular formula is C9H9BrClN. The Kier molecular flexibility index (Phi) is 3.32. The van der Waals surface area contributed by atoms with E-state index in [0.717, 1.165) is 10.0 Å². The van der Waals surface area contributed by atoms with Crippen LogP contribution in [0, 0.1) is 0 Å². The first-order chi connectivity index (χ1) is 5.65. The van der Waals surface area contributed by atoms with Gasteiger partial charge in [0, 0.05) is 10.5 Å². The Morgan fingerprint density at radius 3 is 2.75 bits per heavy atom. The molecule has 1 atom stereocenters. The molecule has 0 saturated carbocycles. The molecule has 1 aromatic rings. The monoisotopic (exact) mass is 245 g/mol. The Morgan fingerprint density at radius 1 is 1.58 bits per heavy atom. The standard InChI is InChI=1S/C9H9BrClN/c1-2-9(12)6-3-4-8(11)7(10)5-6/h2-5,9H,1,12H2/t9-/m0/s1. The number of rotatable bonds is 2. The third-order valence-corrected chi connectivity index (χ3v) is 2.80. The first-order valence-electron chi connectivity index (χ1n) is 3.48. The molecule has 0 bridgehead atoms. The summed E-state index contributed by atoms with van der Waals surface area (Å²) in [5.74, 6) is 0. The average Bonchev–Trinajstić information content (AvgIpc) is 2.08. The van der Waals surface area contributed by atoms with Gasteiger partial charge in [-0.2, -0.15) is 0 Å². The van der Waals surface area contributed by atoms with E-state index in [-0.39, 0.29) is 6.04 Å². The van der Waals surface area contributed by atoms with Crippen LogP contribution in [-0.2, 0) is 0 Å². The molecule has 0 unspecified atom stereocenters. The number of nitrogens with two attached hydrogens (primary N) is 1. The van der Waals surface area contributed by atoms with Crippen LogP contribution in [0.15, 0.2) is 35.3 Å². The van der Waals surface area contributed by atoms with Crippen LogP contribution >= 0.6 is 27.5 Å². The summed E-state index contributed by atoms with van der Waals surface area (Å²) in [6.45, 7) is 3.62. The molecule has 0 amide bonds. The first kappa shape index (κ1) is 9.78. The maximum atomic E-state index is 5.82. The Morgan fingerprint density at radius 2 is 2.25 bits per heavy atom. The Hall–Kier alpha value is -0.310. The summed E-state index contributed by atoms with van der Waals surface area (Å²) < 4.78 is 0.860. The topological polar surface area (TPSA) is 26.0 Å². The smallest absolute Gasteiger partial charge is 0.0548 e. The van der Waals surface area contributed by atoms with E-state index < -0.39 is 0 Å². The average molecular weight is 247 g/mol. The van der Waals surface area contributed by atoms with E-state index in [0.29, 0.717) is 5.02 Å². The highest BCUT2D eigenvalue weighted by Crippen LogP contribution is 2.25. The van der Waals surface area contributed by atoms with Crippen molar-refractivity contribution in [3.63, 3.8) is 0 Å². The number of hydrogen-bond donors (Lipinski definition) is 1. The fourth-order valence-electron chi connectivity index (χ4n) is 0.856. The zero-order valence-corrected chi connectivity index (χ0v) is 8.77. The Labute approximate surface area is 85.3 Å². The van der Waals surface area contributed by atoms with Gasteiger partial charge in [-0.1, -0.05) is 23.7 Å². The van der Waals surface area contributed by atoms with E-state index in [1.807, 2.05) is 18.2 Å². The van der Waals surface area contributed by atoms with E-state index in [4.69, 9.17) is 17.3 Å². The summed E-state index contributed by atoms with van der Waals surface area (Å²) in [5, 5.41) is 0.690. The molecule has 0 aliphatic rings. The lowest BCUT2D eigenvalue weighted by Crippen LogP contribution is -2.05. The van der Waals surface area contributed by atoms with Gasteiger partial charge in [0.25, 0.3) is 0 Å². The van der Waals surface area contributed by atoms with Crippen LogP contribution in [-0.4, -0.2) is 0 Å². The highest BCUT2D eigenvalue weighted by molar-refractivity contribution is 9.10. The van der Waals surface area contributed by atoms with Gasteiger partial charge in [0.1, 0.15) is 0 Å². The van der Waals surface area contributed by atoms with Gasteiger partial charge in [-0.05, 0) is 33.6 Å². The third-order valence-electron chi connectivity index (χ3n) is 1.58. The first-order valence-corrected chi connectivity index (χ1v) is 4.65. The molecule has 0 heterocycles. The molecule has 64 valence electrons. The van der Waals surface area contributed by atoms with E-state index in [1.54, 1.807) is 6.08 Å². The van der Waals surface area contributed by atoms with Crippen molar-refractivity contribution >= 4 is 27.5 Å². The number of halogens is 2. The zero-order chi connectivity index (χ0) is 9.14. The van der Waals surface area contributed by atoms with Crippen LogP contribution < -0.4 is 5.73 Å². The van der Waals surface area contributed by atoms with Crippen molar-refractivity contribution in [1.82, 2.24) is 0 Å². The molecule has 1 nitrogen and oxygen atoms in total. The van der Waals surface area contributed by atoms with Crippen molar-refractivity contribution in [3.8, 4) is 0 Å². The number of benzene rings is 1. The summed E-state index contributed by atoms with van der Waals surface area (Å²) in [6.07, 6.45) is 1.69. The van der Waals surface area contributed by atoms with Crippen molar-refractivity contribution in [2.24, 2.45) is 5.73 Å². The van der Waals surface area contributed by atoms with E-state index in [2.05, 4.69) is 22.5 Å². The molecule has 2 N–H and O–H groups in total. The molecule has 0 spiro atoms. The maximum absolute atomic E-state index is 5.82. The van der Waals surface area contributed by atoms with Crippen LogP contribution in [0.4, 0.5) is 0 Å². The summed E-state index contributed by atoms with van der Waals surface area (Å²) in [7, 11) is 0. The predicted octanol–water partition coefficient (Wildman–Crippen LogP) is 3.29. The van der Waals surface area contributed by atoms with Crippen molar-refractivity contribution in [1.29, 1.82) is 0 Å². The van der Waals surface area contributed by atoms with Gasteiger partial charge in [-0.15, -0.1) is 6.58 Å². The Balaban J connectivity index is 3.04. The molecule has 0 aliphatic heterocycles. The van der Waals surface area contributed by atoms with E-state index in [1.165, 1.54) is 0 Å². The van der Waals surface area contributed by atoms with Gasteiger partial charge in [-0.25, -0.2) is 0 Å². The van der Waals surface area contributed by atoms with Crippen LogP contribution in [0.1, 0.15) is 11.6 Å². The fourth-order valence-corrected chi connectivity index (χ4v) is 1.37. The maximum Gasteiger partial charge on any atom is 0.0548 e. The van der Waals surface area contributed by atoms with E-state index in [9.17, 15) is 0 Å². The molecular weight excluding hydrogens is 237 g/mol. The molecule has 0 radical (unpaired) electrons. The van der Waals surface area contributed by atoms with Crippen LogP contribution in [0.5, 0.6) is 0 Å². The predicted molar refractivity (Wildman–Crippen MR) is 56.3 cm³/mol. The molecule has 3 heteroatoms. The lowest BCUT2D eigenvalue weighted by molar-refractivity contribution is 0.913. The summed E-state index contributed by atoms with van der Waals surface area (Å²) in [4.78, 5) is 0. The van der Waals surface area contributed by atoms with Crippen molar-refractivity contribution in [2.75, 3.05) is 0 Å². The quantitative estimate of drug-likeness (QED) is 0.796. The van der Waals surface area contributed by atoms with Gasteiger partial charge >= 0.3 is 0 Å². The van der Waals surface area contributed by atoms with Gasteiger partial charge < -0.3 is 5.73 Å². The van der Waals surface area contributed by atoms with Crippen LogP contribution in [0.25, 0.3) is 0 Å². The molecule has 12 heavy (non-hydrogen) atoms.